The van der Waals surface area contributed by atoms with E-state index in [-0.39, 0.29) is 60.6 Å². The van der Waals surface area contributed by atoms with Crippen molar-refractivity contribution in [1.82, 2.24) is 4.98 Å². The van der Waals surface area contributed by atoms with Crippen LogP contribution in [0.3, 0.4) is 0 Å². The third-order valence-electron chi connectivity index (χ3n) is 6.20. The van der Waals surface area contributed by atoms with Crippen molar-refractivity contribution in [1.29, 1.82) is 0 Å². The second kappa shape index (κ2) is 10.9. The van der Waals surface area contributed by atoms with Crippen LogP contribution in [0.5, 0.6) is 0 Å². The molecule has 4 N–H and O–H groups in total. The number of nitrogens with two attached hydrogens (primary N) is 1. The maximum absolute atomic E-state index is 14.7. The van der Waals surface area contributed by atoms with Gasteiger partial charge in [-0.25, -0.2) is 18.2 Å². The second-order valence-electron chi connectivity index (χ2n) is 8.33. The molecule has 2 aromatic rings. The number of aliphatic imine (C=N–C) groups is 1. The Balaban J connectivity index is 1.53. The minimum absolute atomic E-state index is 0.00888. The third-order valence-corrected chi connectivity index (χ3v) is 6.20. The molecule has 1 aromatic carbocycles. The number of nitrogens with one attached hydrogen (secondary N) is 1. The number of anilines is 2. The number of rotatable bonds is 7. The summed E-state index contributed by atoms with van der Waals surface area (Å²) in [6, 6.07) is 4.58. The number of carbonyl (C=O) groups is 1. The molecule has 2 aliphatic rings. The molecule has 2 unspecified atom stereocenters. The monoisotopic (exact) mass is 489 g/mol. The van der Waals surface area contributed by atoms with Crippen molar-refractivity contribution in [2.75, 3.05) is 36.6 Å². The van der Waals surface area contributed by atoms with Gasteiger partial charge in [0, 0.05) is 43.3 Å². The molecule has 4 rings (SSSR count). The number of ether oxygens (including phenoxy) is 1. The number of aromatic nitrogens is 1. The number of nitrogens with zero attached hydrogens (tertiary/aromatic N) is 3. The van der Waals surface area contributed by atoms with Crippen LogP contribution in [-0.2, 0) is 16.1 Å². The highest BCUT2D eigenvalue weighted by atomic mass is 19.1. The lowest BCUT2D eigenvalue weighted by Crippen LogP contribution is -2.42. The molecule has 11 heteroatoms. The highest BCUT2D eigenvalue weighted by molar-refractivity contribution is 6.28. The van der Waals surface area contributed by atoms with E-state index in [1.165, 1.54) is 17.0 Å². The van der Waals surface area contributed by atoms with Gasteiger partial charge in [0.25, 0.3) is 5.91 Å². The molecule has 1 aromatic heterocycles. The predicted octanol–water partition coefficient (Wildman–Crippen LogP) is 2.53. The molecule has 0 aliphatic carbocycles. The quantitative estimate of drug-likeness (QED) is 0.516. The first-order chi connectivity index (χ1) is 16.9. The van der Waals surface area contributed by atoms with E-state index < -0.39 is 23.4 Å². The van der Waals surface area contributed by atoms with E-state index in [1.807, 2.05) is 0 Å². The average Bonchev–Trinajstić information content (AvgIpc) is 3.38. The molecule has 8 nitrogen and oxygen atoms in total. The first kappa shape index (κ1) is 24.7. The average molecular weight is 489 g/mol. The van der Waals surface area contributed by atoms with Crippen LogP contribution in [0.4, 0.5) is 24.7 Å². The Bertz CT molecular complexity index is 1130. The van der Waals surface area contributed by atoms with Gasteiger partial charge in [-0.2, -0.15) is 0 Å². The number of aliphatic hydroxyl groups is 1. The number of piperidine rings is 1. The fraction of sp³-hybridized carbons (Fsp3) is 0.375. The maximum atomic E-state index is 14.7. The zero-order chi connectivity index (χ0) is 24.9. The summed E-state index contributed by atoms with van der Waals surface area (Å²) >= 11 is 0. The second-order valence-corrected chi connectivity index (χ2v) is 8.33. The van der Waals surface area contributed by atoms with Crippen LogP contribution < -0.4 is 16.0 Å². The molecule has 0 spiro atoms. The molecule has 2 fully saturated rings. The summed E-state index contributed by atoms with van der Waals surface area (Å²) in [6.07, 6.45) is 3.04. The molecule has 2 atom stereocenters. The van der Waals surface area contributed by atoms with Gasteiger partial charge in [-0.3, -0.25) is 9.79 Å². The van der Waals surface area contributed by atoms with Crippen LogP contribution in [0.1, 0.15) is 18.4 Å². The van der Waals surface area contributed by atoms with Crippen molar-refractivity contribution in [3.63, 3.8) is 0 Å². The van der Waals surface area contributed by atoms with Crippen LogP contribution >= 0.6 is 0 Å². The molecule has 35 heavy (non-hydrogen) atoms. The molecule has 0 radical (unpaired) electrons. The molecular formula is C24H26F3N5O3. The van der Waals surface area contributed by atoms with Crippen molar-refractivity contribution in [2.24, 2.45) is 16.6 Å². The summed E-state index contributed by atoms with van der Waals surface area (Å²) in [5, 5.41) is 12.9. The SMILES string of the molecule is N/C=C1/C(=O)N(c2cc(NC(CO)C3CCOC3)ncc2F)CCC1=NCc1c(F)cccc1F. The van der Waals surface area contributed by atoms with Gasteiger partial charge in [0.15, 0.2) is 5.82 Å². The molecule has 186 valence electrons. The summed E-state index contributed by atoms with van der Waals surface area (Å²) in [5.74, 6) is -2.39. The molecule has 1 amide bonds. The molecule has 2 aliphatic heterocycles. The minimum Gasteiger partial charge on any atom is -0.404 e. The Labute approximate surface area is 200 Å². The van der Waals surface area contributed by atoms with Crippen molar-refractivity contribution in [2.45, 2.75) is 25.4 Å². The van der Waals surface area contributed by atoms with Crippen LogP contribution in [0.2, 0.25) is 0 Å². The van der Waals surface area contributed by atoms with E-state index in [4.69, 9.17) is 10.5 Å². The number of amides is 1. The Morgan fingerprint density at radius 1 is 1.31 bits per heavy atom. The first-order valence-corrected chi connectivity index (χ1v) is 11.2. The summed E-state index contributed by atoms with van der Waals surface area (Å²) in [5.41, 5.74) is 5.76. The van der Waals surface area contributed by atoms with Gasteiger partial charge in [0.2, 0.25) is 0 Å². The van der Waals surface area contributed by atoms with E-state index in [2.05, 4.69) is 15.3 Å². The summed E-state index contributed by atoms with van der Waals surface area (Å²) in [4.78, 5) is 22.6. The topological polar surface area (TPSA) is 113 Å². The van der Waals surface area contributed by atoms with E-state index in [9.17, 15) is 23.1 Å². The molecule has 2 saturated heterocycles. The minimum atomic E-state index is -0.736. The normalized spacial score (nSPS) is 21.7. The fourth-order valence-corrected chi connectivity index (χ4v) is 4.23. The van der Waals surface area contributed by atoms with E-state index in [0.717, 1.165) is 31.0 Å². The smallest absolute Gasteiger partial charge is 0.261 e. The Morgan fingerprint density at radius 3 is 2.74 bits per heavy atom. The third kappa shape index (κ3) is 5.30. The van der Waals surface area contributed by atoms with Gasteiger partial charge in [-0.15, -0.1) is 0 Å². The van der Waals surface area contributed by atoms with E-state index in [1.54, 1.807) is 0 Å². The number of carbonyl (C=O) groups excluding carboxylic acids is 1. The summed E-state index contributed by atoms with van der Waals surface area (Å²) < 4.78 is 48.0. The molecular weight excluding hydrogens is 463 g/mol. The lowest BCUT2D eigenvalue weighted by molar-refractivity contribution is -0.114. The van der Waals surface area contributed by atoms with Gasteiger partial charge >= 0.3 is 0 Å². The van der Waals surface area contributed by atoms with Crippen LogP contribution in [-0.4, -0.2) is 54.1 Å². The van der Waals surface area contributed by atoms with Crippen molar-refractivity contribution < 1.29 is 27.8 Å². The van der Waals surface area contributed by atoms with E-state index >= 15 is 0 Å². The van der Waals surface area contributed by atoms with Crippen molar-refractivity contribution >= 4 is 23.1 Å². The van der Waals surface area contributed by atoms with Crippen LogP contribution in [0, 0.1) is 23.4 Å². The standard InChI is InChI=1S/C24H26F3N5O3/c25-17-2-1-3-18(26)16(17)10-29-20-4-6-32(24(34)15(20)9-28)22-8-23(30-11-19(22)27)31-21(12-33)14-5-7-35-13-14/h1-3,8-9,11,14,21,33H,4-7,10,12-13,28H2,(H,30,31)/b15-9+,29-20?. The zero-order valence-corrected chi connectivity index (χ0v) is 18.9. The summed E-state index contributed by atoms with van der Waals surface area (Å²) in [7, 11) is 0. The fourth-order valence-electron chi connectivity index (χ4n) is 4.23. The van der Waals surface area contributed by atoms with Crippen molar-refractivity contribution in [3.8, 4) is 0 Å². The van der Waals surface area contributed by atoms with Gasteiger partial charge in [0.1, 0.15) is 17.5 Å². The number of aliphatic hydroxyl groups excluding tert-OH is 1. The number of halogens is 3. The molecule has 0 saturated carbocycles. The van der Waals surface area contributed by atoms with Crippen LogP contribution in [0.15, 0.2) is 47.2 Å². The highest BCUT2D eigenvalue weighted by Crippen LogP contribution is 2.29. The Hall–Kier alpha value is -3.44. The van der Waals surface area contributed by atoms with Gasteiger partial charge in [0.05, 0.1) is 49.0 Å². The maximum Gasteiger partial charge on any atom is 0.261 e. The molecule has 3 heterocycles. The van der Waals surface area contributed by atoms with Gasteiger partial charge in [-0.1, -0.05) is 6.07 Å². The Morgan fingerprint density at radius 2 is 2.09 bits per heavy atom. The number of benzene rings is 1. The number of pyridine rings is 1. The number of hydrogen-bond donors (Lipinski definition) is 3. The van der Waals surface area contributed by atoms with Gasteiger partial charge < -0.3 is 25.8 Å². The highest BCUT2D eigenvalue weighted by Gasteiger charge is 2.32. The van der Waals surface area contributed by atoms with Gasteiger partial charge in [-0.05, 0) is 18.6 Å². The lowest BCUT2D eigenvalue weighted by Gasteiger charge is -2.30. The predicted molar refractivity (Wildman–Crippen MR) is 124 cm³/mol. The lowest BCUT2D eigenvalue weighted by atomic mass is 9.99. The first-order valence-electron chi connectivity index (χ1n) is 11.2. The Kier molecular flexibility index (Phi) is 7.67. The number of hydrogen-bond acceptors (Lipinski definition) is 7. The van der Waals surface area contributed by atoms with Crippen LogP contribution in [0.25, 0.3) is 0 Å². The van der Waals surface area contributed by atoms with Crippen molar-refractivity contribution in [3.05, 3.63) is 65.3 Å². The molecule has 0 bridgehead atoms. The largest absolute Gasteiger partial charge is 0.404 e. The zero-order valence-electron chi connectivity index (χ0n) is 18.9. The summed E-state index contributed by atoms with van der Waals surface area (Å²) in [6.45, 7) is 0.724. The van der Waals surface area contributed by atoms with E-state index in [0.29, 0.717) is 19.0 Å².